The molecule has 1 amide bonds. The highest BCUT2D eigenvalue weighted by Gasteiger charge is 2.34. The molecule has 0 aliphatic carbocycles. The smallest absolute Gasteiger partial charge is 0.312 e. The second kappa shape index (κ2) is 6.88. The lowest BCUT2D eigenvalue weighted by molar-refractivity contribution is -0.136. The first-order valence-electron chi connectivity index (χ1n) is 8.26. The highest BCUT2D eigenvalue weighted by molar-refractivity contribution is 7.92. The Kier molecular flexibility index (Phi) is 4.90. The molecule has 0 unspecified atom stereocenters. The van der Waals surface area contributed by atoms with Crippen molar-refractivity contribution in [2.75, 3.05) is 16.2 Å². The normalized spacial score (nSPS) is 14.1. The number of halogens is 3. The second-order valence-corrected chi connectivity index (χ2v) is 7.77. The third-order valence-corrected chi connectivity index (χ3v) is 5.70. The van der Waals surface area contributed by atoms with Gasteiger partial charge in [0.15, 0.2) is 0 Å². The molecule has 1 aliphatic heterocycles. The van der Waals surface area contributed by atoms with Crippen molar-refractivity contribution in [1.82, 2.24) is 0 Å². The van der Waals surface area contributed by atoms with Gasteiger partial charge in [-0.1, -0.05) is 19.1 Å². The van der Waals surface area contributed by atoms with Gasteiger partial charge in [0.1, 0.15) is 0 Å². The molecular weight excluding hydrogens is 381 g/mol. The molecule has 27 heavy (non-hydrogen) atoms. The maximum Gasteiger partial charge on any atom is 0.418 e. The van der Waals surface area contributed by atoms with E-state index in [9.17, 15) is 26.4 Å². The summed E-state index contributed by atoms with van der Waals surface area (Å²) in [5.74, 6) is -0.0680. The molecule has 0 saturated heterocycles. The number of carbonyl (C=O) groups is 1. The summed E-state index contributed by atoms with van der Waals surface area (Å²) in [6, 6.07) is 8.60. The van der Waals surface area contributed by atoms with E-state index in [4.69, 9.17) is 0 Å². The lowest BCUT2D eigenvalue weighted by atomic mass is 10.2. The summed E-state index contributed by atoms with van der Waals surface area (Å²) >= 11 is 0. The van der Waals surface area contributed by atoms with Gasteiger partial charge in [-0.25, -0.2) is 8.42 Å². The molecule has 5 nitrogen and oxygen atoms in total. The van der Waals surface area contributed by atoms with E-state index in [-0.39, 0.29) is 10.8 Å². The number of carbonyl (C=O) groups excluding carboxylic acids is 1. The fourth-order valence-electron chi connectivity index (χ4n) is 3.02. The van der Waals surface area contributed by atoms with Crippen molar-refractivity contribution in [3.05, 3.63) is 53.6 Å². The maximum atomic E-state index is 13.1. The first-order valence-corrected chi connectivity index (χ1v) is 9.74. The highest BCUT2D eigenvalue weighted by Crippen LogP contribution is 2.36. The number of alkyl halides is 3. The van der Waals surface area contributed by atoms with Crippen LogP contribution < -0.4 is 9.62 Å². The van der Waals surface area contributed by atoms with Crippen LogP contribution in [0.5, 0.6) is 0 Å². The van der Waals surface area contributed by atoms with Gasteiger partial charge < -0.3 is 4.90 Å². The summed E-state index contributed by atoms with van der Waals surface area (Å²) in [4.78, 5) is 13.4. The highest BCUT2D eigenvalue weighted by atomic mass is 32.2. The molecule has 0 radical (unpaired) electrons. The molecule has 2 aromatic rings. The van der Waals surface area contributed by atoms with Crippen LogP contribution in [0.15, 0.2) is 47.4 Å². The van der Waals surface area contributed by atoms with Crippen molar-refractivity contribution < 1.29 is 26.4 Å². The van der Waals surface area contributed by atoms with Gasteiger partial charge in [0, 0.05) is 18.7 Å². The zero-order chi connectivity index (χ0) is 19.8. The Bertz CT molecular complexity index is 988. The number of amides is 1. The summed E-state index contributed by atoms with van der Waals surface area (Å²) in [5.41, 5.74) is -0.289. The SMILES string of the molecule is CCC(=O)N1CCc2cc(S(=O)(=O)Nc3ccccc3C(F)(F)F)ccc21. The van der Waals surface area contributed by atoms with Crippen molar-refractivity contribution in [2.24, 2.45) is 0 Å². The van der Waals surface area contributed by atoms with Gasteiger partial charge in [0.2, 0.25) is 5.91 Å². The third-order valence-electron chi connectivity index (χ3n) is 4.34. The van der Waals surface area contributed by atoms with Crippen LogP contribution >= 0.6 is 0 Å². The lowest BCUT2D eigenvalue weighted by Gasteiger charge is -2.17. The molecule has 9 heteroatoms. The topological polar surface area (TPSA) is 66.5 Å². The maximum absolute atomic E-state index is 13.1. The Hall–Kier alpha value is -2.55. The van der Waals surface area contributed by atoms with Gasteiger partial charge in [-0.05, 0) is 42.3 Å². The van der Waals surface area contributed by atoms with E-state index in [1.165, 1.54) is 30.3 Å². The predicted octanol–water partition coefficient (Wildman–Crippen LogP) is 3.81. The molecule has 0 fully saturated rings. The summed E-state index contributed by atoms with van der Waals surface area (Å²) in [7, 11) is -4.21. The van der Waals surface area contributed by atoms with E-state index in [1.54, 1.807) is 11.8 Å². The van der Waals surface area contributed by atoms with Gasteiger partial charge in [-0.15, -0.1) is 0 Å². The monoisotopic (exact) mass is 398 g/mol. The number of para-hydroxylation sites is 1. The number of rotatable bonds is 4. The van der Waals surface area contributed by atoms with Gasteiger partial charge in [0.25, 0.3) is 10.0 Å². The largest absolute Gasteiger partial charge is 0.418 e. The molecule has 144 valence electrons. The number of fused-ring (bicyclic) bond motifs is 1. The molecule has 0 bridgehead atoms. The second-order valence-electron chi connectivity index (χ2n) is 6.09. The van der Waals surface area contributed by atoms with E-state index in [0.717, 1.165) is 12.1 Å². The Morgan fingerprint density at radius 2 is 1.89 bits per heavy atom. The van der Waals surface area contributed by atoms with E-state index < -0.39 is 27.5 Å². The van der Waals surface area contributed by atoms with Crippen LogP contribution in [0.3, 0.4) is 0 Å². The fourth-order valence-corrected chi connectivity index (χ4v) is 4.15. The number of hydrogen-bond donors (Lipinski definition) is 1. The van der Waals surface area contributed by atoms with Crippen LogP contribution in [0.1, 0.15) is 24.5 Å². The van der Waals surface area contributed by atoms with Gasteiger partial charge in [-0.3, -0.25) is 9.52 Å². The van der Waals surface area contributed by atoms with Crippen LogP contribution in [0.25, 0.3) is 0 Å². The van der Waals surface area contributed by atoms with Crippen molar-refractivity contribution in [3.63, 3.8) is 0 Å². The molecular formula is C18H17F3N2O3S. The van der Waals surface area contributed by atoms with Crippen molar-refractivity contribution in [1.29, 1.82) is 0 Å². The molecule has 3 rings (SSSR count). The number of benzene rings is 2. The van der Waals surface area contributed by atoms with E-state index in [1.807, 2.05) is 4.72 Å². The number of sulfonamides is 1. The zero-order valence-corrected chi connectivity index (χ0v) is 15.2. The van der Waals surface area contributed by atoms with Crippen LogP contribution in [-0.4, -0.2) is 20.9 Å². The van der Waals surface area contributed by atoms with Gasteiger partial charge in [-0.2, -0.15) is 13.2 Å². The van der Waals surface area contributed by atoms with E-state index >= 15 is 0 Å². The van der Waals surface area contributed by atoms with Crippen LogP contribution in [-0.2, 0) is 27.4 Å². The molecule has 1 aliphatic rings. The average molecular weight is 398 g/mol. The van der Waals surface area contributed by atoms with Crippen molar-refractivity contribution >= 4 is 27.3 Å². The van der Waals surface area contributed by atoms with Gasteiger partial charge in [0.05, 0.1) is 16.1 Å². The summed E-state index contributed by atoms with van der Waals surface area (Å²) in [6.45, 7) is 2.19. The number of hydrogen-bond acceptors (Lipinski definition) is 3. The average Bonchev–Trinajstić information content (AvgIpc) is 3.03. The Balaban J connectivity index is 1.93. The molecule has 0 atom stereocenters. The Morgan fingerprint density at radius 1 is 1.19 bits per heavy atom. The van der Waals surface area contributed by atoms with E-state index in [0.29, 0.717) is 30.6 Å². The number of nitrogens with one attached hydrogen (secondary N) is 1. The summed E-state index contributed by atoms with van der Waals surface area (Å²) < 4.78 is 66.5. The van der Waals surface area contributed by atoms with Crippen LogP contribution in [0, 0.1) is 0 Å². The molecule has 0 aromatic heterocycles. The minimum Gasteiger partial charge on any atom is -0.312 e. The Labute approximate surface area is 154 Å². The predicted molar refractivity (Wildman–Crippen MR) is 95.0 cm³/mol. The van der Waals surface area contributed by atoms with Gasteiger partial charge >= 0.3 is 6.18 Å². The Morgan fingerprint density at radius 3 is 2.56 bits per heavy atom. The molecule has 1 heterocycles. The molecule has 0 spiro atoms. The molecule has 1 N–H and O–H groups in total. The first kappa shape index (κ1) is 19.2. The van der Waals surface area contributed by atoms with Crippen molar-refractivity contribution in [2.45, 2.75) is 30.8 Å². The molecule has 0 saturated carbocycles. The number of anilines is 2. The van der Waals surface area contributed by atoms with Crippen molar-refractivity contribution in [3.8, 4) is 0 Å². The lowest BCUT2D eigenvalue weighted by Crippen LogP contribution is -2.27. The van der Waals surface area contributed by atoms with E-state index in [2.05, 4.69) is 0 Å². The molecule has 2 aromatic carbocycles. The number of nitrogens with zero attached hydrogens (tertiary/aromatic N) is 1. The van der Waals surface area contributed by atoms with Crippen LogP contribution in [0.4, 0.5) is 24.5 Å². The summed E-state index contributed by atoms with van der Waals surface area (Å²) in [6.07, 6.45) is -3.86. The third kappa shape index (κ3) is 3.78. The minimum absolute atomic E-state index is 0.0680. The minimum atomic E-state index is -4.68. The van der Waals surface area contributed by atoms with Crippen LogP contribution in [0.2, 0.25) is 0 Å². The quantitative estimate of drug-likeness (QED) is 0.852. The summed E-state index contributed by atoms with van der Waals surface area (Å²) in [5, 5.41) is 0. The standard InChI is InChI=1S/C18H17F3N2O3S/c1-2-17(24)23-10-9-12-11-13(7-8-16(12)23)27(25,26)22-15-6-4-3-5-14(15)18(19,20)21/h3-8,11,22H,2,9-10H2,1H3. The first-order chi connectivity index (χ1) is 12.6. The fraction of sp³-hybridized carbons (Fsp3) is 0.278. The zero-order valence-electron chi connectivity index (χ0n) is 14.4.